The third kappa shape index (κ3) is 4.52. The first-order chi connectivity index (χ1) is 10.2. The van der Waals surface area contributed by atoms with E-state index in [0.717, 1.165) is 32.6 Å². The summed E-state index contributed by atoms with van der Waals surface area (Å²) in [6.07, 6.45) is 6.48. The maximum atomic E-state index is 5.93. The Morgan fingerprint density at radius 2 is 1.62 bits per heavy atom. The minimum absolute atomic E-state index is 0.287. The van der Waals surface area contributed by atoms with Gasteiger partial charge in [0.1, 0.15) is 12.5 Å². The number of hydrogen-bond donors (Lipinski definition) is 0. The predicted molar refractivity (Wildman–Crippen MR) is 87.8 cm³/mol. The summed E-state index contributed by atoms with van der Waals surface area (Å²) in [7, 11) is 0.442. The molecule has 21 heavy (non-hydrogen) atoms. The van der Waals surface area contributed by atoms with Crippen LogP contribution in [0, 0.1) is 0 Å². The zero-order valence-corrected chi connectivity index (χ0v) is 15.1. The van der Waals surface area contributed by atoms with E-state index in [4.69, 9.17) is 13.9 Å². The Bertz CT molecular complexity index is 263. The summed E-state index contributed by atoms with van der Waals surface area (Å²) in [5.41, 5.74) is 0. The van der Waals surface area contributed by atoms with Crippen molar-refractivity contribution in [1.29, 1.82) is 0 Å². The average Bonchev–Trinajstić information content (AvgIpc) is 3.22. The molecule has 0 N–H and O–H groups in total. The van der Waals surface area contributed by atoms with Crippen LogP contribution in [0.4, 0.5) is 0 Å². The van der Waals surface area contributed by atoms with Gasteiger partial charge in [-0.05, 0) is 50.2 Å². The van der Waals surface area contributed by atoms with Crippen LogP contribution in [0.15, 0.2) is 0 Å². The largest absolute Gasteiger partial charge is 0.420 e. The smallest absolute Gasteiger partial charge is 0.191 e. The van der Waals surface area contributed by atoms with Gasteiger partial charge in [-0.3, -0.25) is 4.90 Å². The zero-order chi connectivity index (χ0) is 15.1. The van der Waals surface area contributed by atoms with Gasteiger partial charge in [-0.25, -0.2) is 0 Å². The topological polar surface area (TPSA) is 30.9 Å². The normalized spacial score (nSPS) is 26.9. The van der Waals surface area contributed by atoms with Crippen LogP contribution in [0.2, 0.25) is 18.1 Å². The minimum atomic E-state index is -1.47. The average molecular weight is 316 g/mol. The molecule has 124 valence electrons. The van der Waals surface area contributed by atoms with Crippen molar-refractivity contribution in [3.63, 3.8) is 0 Å². The lowest BCUT2D eigenvalue weighted by molar-refractivity contribution is -0.116. The Balaban J connectivity index is 1.86. The van der Waals surface area contributed by atoms with Crippen LogP contribution in [0.5, 0.6) is 0 Å². The van der Waals surface area contributed by atoms with E-state index in [-0.39, 0.29) is 12.5 Å². The fourth-order valence-electron chi connectivity index (χ4n) is 3.70. The van der Waals surface area contributed by atoms with Gasteiger partial charge in [-0.1, -0.05) is 13.8 Å². The van der Waals surface area contributed by atoms with Crippen molar-refractivity contribution in [3.05, 3.63) is 0 Å². The molecule has 2 atom stereocenters. The summed E-state index contributed by atoms with van der Waals surface area (Å²) in [5.74, 6) is 0. The first kappa shape index (κ1) is 17.4. The first-order valence-electron chi connectivity index (χ1n) is 8.79. The molecule has 0 aliphatic carbocycles. The standard InChI is InChI=1S/C16H33NO3Si/c1-4-21(5-2,18-3)14-8-11-17(15-9-6-12-19-15)16-10-7-13-20-16/h15-16H,4-14H2,1-3H3. The molecular formula is C16H33NO3Si. The van der Waals surface area contributed by atoms with Gasteiger partial charge in [0.05, 0.1) is 0 Å². The molecule has 0 spiro atoms. The summed E-state index contributed by atoms with van der Waals surface area (Å²) in [5, 5.41) is 0. The Kier molecular flexibility index (Phi) is 7.15. The second-order valence-corrected chi connectivity index (χ2v) is 11.1. The molecule has 2 unspecified atom stereocenters. The second kappa shape index (κ2) is 8.63. The van der Waals surface area contributed by atoms with Crippen molar-refractivity contribution >= 4 is 8.32 Å². The highest BCUT2D eigenvalue weighted by Crippen LogP contribution is 2.28. The summed E-state index contributed by atoms with van der Waals surface area (Å²) < 4.78 is 17.8. The Morgan fingerprint density at radius 1 is 1.05 bits per heavy atom. The van der Waals surface area contributed by atoms with Gasteiger partial charge in [0, 0.05) is 26.9 Å². The molecule has 0 radical (unpaired) electrons. The highest BCUT2D eigenvalue weighted by atomic mass is 28.4. The van der Waals surface area contributed by atoms with Crippen molar-refractivity contribution in [2.45, 2.75) is 76.5 Å². The van der Waals surface area contributed by atoms with Gasteiger partial charge in [-0.2, -0.15) is 0 Å². The van der Waals surface area contributed by atoms with Crippen molar-refractivity contribution in [3.8, 4) is 0 Å². The van der Waals surface area contributed by atoms with Crippen molar-refractivity contribution in [1.82, 2.24) is 4.90 Å². The number of rotatable bonds is 9. The molecule has 2 aliphatic rings. The lowest BCUT2D eigenvalue weighted by Crippen LogP contribution is -2.44. The van der Waals surface area contributed by atoms with Gasteiger partial charge in [0.15, 0.2) is 8.32 Å². The predicted octanol–water partition coefficient (Wildman–Crippen LogP) is 3.58. The van der Waals surface area contributed by atoms with Crippen LogP contribution in [-0.2, 0) is 13.9 Å². The lowest BCUT2D eigenvalue weighted by atomic mass is 10.2. The van der Waals surface area contributed by atoms with Gasteiger partial charge in [0.25, 0.3) is 0 Å². The van der Waals surface area contributed by atoms with Crippen LogP contribution >= 0.6 is 0 Å². The van der Waals surface area contributed by atoms with E-state index in [1.54, 1.807) is 0 Å². The number of ether oxygens (including phenoxy) is 2. The van der Waals surface area contributed by atoms with Crippen LogP contribution in [0.25, 0.3) is 0 Å². The second-order valence-electron chi connectivity index (χ2n) is 6.37. The lowest BCUT2D eigenvalue weighted by Gasteiger charge is -2.34. The van der Waals surface area contributed by atoms with Crippen molar-refractivity contribution in [2.75, 3.05) is 26.9 Å². The molecule has 0 aromatic carbocycles. The molecule has 2 fully saturated rings. The summed E-state index contributed by atoms with van der Waals surface area (Å²) in [6, 6.07) is 3.70. The molecule has 5 heteroatoms. The van der Waals surface area contributed by atoms with E-state index < -0.39 is 8.32 Å². The van der Waals surface area contributed by atoms with E-state index in [2.05, 4.69) is 18.7 Å². The quantitative estimate of drug-likeness (QED) is 0.609. The SMILES string of the molecule is CC[Si](CC)(CCCN(C1CCCO1)C1CCCO1)OC. The highest BCUT2D eigenvalue weighted by Gasteiger charge is 2.34. The molecule has 2 heterocycles. The van der Waals surface area contributed by atoms with E-state index >= 15 is 0 Å². The monoisotopic (exact) mass is 315 g/mol. The third-order valence-corrected chi connectivity index (χ3v) is 10.0. The molecule has 0 aromatic heterocycles. The minimum Gasteiger partial charge on any atom is -0.420 e. The van der Waals surface area contributed by atoms with Crippen LogP contribution in [0.1, 0.15) is 46.0 Å². The molecule has 0 saturated carbocycles. The fourth-order valence-corrected chi connectivity index (χ4v) is 6.49. The van der Waals surface area contributed by atoms with Crippen LogP contribution < -0.4 is 0 Å². The van der Waals surface area contributed by atoms with Gasteiger partial charge in [-0.15, -0.1) is 0 Å². The molecule has 4 nitrogen and oxygen atoms in total. The Labute approximate surface area is 131 Å². The molecule has 0 bridgehead atoms. The van der Waals surface area contributed by atoms with E-state index in [1.807, 2.05) is 7.11 Å². The maximum absolute atomic E-state index is 5.93. The summed E-state index contributed by atoms with van der Waals surface area (Å²) >= 11 is 0. The molecule has 2 rings (SSSR count). The summed E-state index contributed by atoms with van der Waals surface area (Å²) in [6.45, 7) is 7.49. The van der Waals surface area contributed by atoms with Crippen LogP contribution in [-0.4, -0.2) is 52.5 Å². The van der Waals surface area contributed by atoms with Gasteiger partial charge >= 0.3 is 0 Å². The fraction of sp³-hybridized carbons (Fsp3) is 1.00. The zero-order valence-electron chi connectivity index (χ0n) is 14.1. The van der Waals surface area contributed by atoms with Gasteiger partial charge < -0.3 is 13.9 Å². The van der Waals surface area contributed by atoms with Crippen molar-refractivity contribution in [2.24, 2.45) is 0 Å². The van der Waals surface area contributed by atoms with Gasteiger partial charge in [0.2, 0.25) is 0 Å². The van der Waals surface area contributed by atoms with Crippen molar-refractivity contribution < 1.29 is 13.9 Å². The first-order valence-corrected chi connectivity index (χ1v) is 11.3. The molecule has 0 amide bonds. The van der Waals surface area contributed by atoms with E-state index in [1.165, 1.54) is 37.4 Å². The molecule has 0 aromatic rings. The van der Waals surface area contributed by atoms with E-state index in [9.17, 15) is 0 Å². The molecule has 2 saturated heterocycles. The summed E-state index contributed by atoms with van der Waals surface area (Å²) in [4.78, 5) is 2.49. The Hall–Kier alpha value is 0.0569. The molecular weight excluding hydrogens is 282 g/mol. The number of nitrogens with zero attached hydrogens (tertiary/aromatic N) is 1. The third-order valence-electron chi connectivity index (χ3n) is 5.32. The number of hydrogen-bond acceptors (Lipinski definition) is 4. The highest BCUT2D eigenvalue weighted by molar-refractivity contribution is 6.73. The maximum Gasteiger partial charge on any atom is 0.191 e. The van der Waals surface area contributed by atoms with Crippen LogP contribution in [0.3, 0.4) is 0 Å². The Morgan fingerprint density at radius 3 is 2.00 bits per heavy atom. The molecule has 2 aliphatic heterocycles. The van der Waals surface area contributed by atoms with E-state index in [0.29, 0.717) is 0 Å².